The van der Waals surface area contributed by atoms with Crippen LogP contribution in [0.25, 0.3) is 0 Å². The van der Waals surface area contributed by atoms with Crippen LogP contribution in [0.15, 0.2) is 18.2 Å². The third-order valence-corrected chi connectivity index (χ3v) is 4.00. The normalized spacial score (nSPS) is 19.5. The molecule has 1 saturated heterocycles. The summed E-state index contributed by atoms with van der Waals surface area (Å²) in [6.07, 6.45) is 5.83. The standard InChI is InChI=1S/C15H21FN2S/c1-2-6-11-7-3-4-10-18(11)13-9-5-8-12(16)14(13)15(17)19/h5,8-9,11H,2-4,6-7,10H2,1H3,(H2,17,19). The van der Waals surface area contributed by atoms with Gasteiger partial charge >= 0.3 is 0 Å². The van der Waals surface area contributed by atoms with Crippen LogP contribution in [0.3, 0.4) is 0 Å². The Kier molecular flexibility index (Phi) is 4.75. The van der Waals surface area contributed by atoms with E-state index in [2.05, 4.69) is 11.8 Å². The minimum atomic E-state index is -0.314. The molecule has 0 spiro atoms. The monoisotopic (exact) mass is 280 g/mol. The molecule has 0 aliphatic carbocycles. The highest BCUT2D eigenvalue weighted by atomic mass is 32.1. The average molecular weight is 280 g/mol. The quantitative estimate of drug-likeness (QED) is 0.854. The van der Waals surface area contributed by atoms with Gasteiger partial charge in [-0.2, -0.15) is 0 Å². The zero-order chi connectivity index (χ0) is 13.8. The Morgan fingerprint density at radius 2 is 2.26 bits per heavy atom. The van der Waals surface area contributed by atoms with Crippen molar-refractivity contribution in [3.05, 3.63) is 29.6 Å². The number of benzene rings is 1. The minimum absolute atomic E-state index is 0.147. The molecular formula is C15H21FN2S. The summed E-state index contributed by atoms with van der Waals surface area (Å²) < 4.78 is 14.0. The Morgan fingerprint density at radius 3 is 2.95 bits per heavy atom. The van der Waals surface area contributed by atoms with Crippen LogP contribution in [0.2, 0.25) is 0 Å². The number of halogens is 1. The van der Waals surface area contributed by atoms with Crippen LogP contribution in [-0.2, 0) is 0 Å². The fourth-order valence-corrected chi connectivity index (χ4v) is 3.15. The average Bonchev–Trinajstić information content (AvgIpc) is 2.39. The molecule has 0 saturated carbocycles. The van der Waals surface area contributed by atoms with Gasteiger partial charge in [-0.25, -0.2) is 4.39 Å². The van der Waals surface area contributed by atoms with Gasteiger partial charge in [0.25, 0.3) is 0 Å². The van der Waals surface area contributed by atoms with Gasteiger partial charge in [0, 0.05) is 12.6 Å². The zero-order valence-corrected chi connectivity index (χ0v) is 12.2. The summed E-state index contributed by atoms with van der Waals surface area (Å²) in [5.74, 6) is -0.314. The highest BCUT2D eigenvalue weighted by Crippen LogP contribution is 2.31. The van der Waals surface area contributed by atoms with Gasteiger partial charge in [-0.15, -0.1) is 0 Å². The van der Waals surface area contributed by atoms with Crippen molar-refractivity contribution in [2.45, 2.75) is 45.1 Å². The van der Waals surface area contributed by atoms with Gasteiger partial charge in [0.05, 0.1) is 11.3 Å². The van der Waals surface area contributed by atoms with E-state index in [0.29, 0.717) is 11.6 Å². The summed E-state index contributed by atoms with van der Waals surface area (Å²) in [4.78, 5) is 2.44. The molecule has 104 valence electrons. The van der Waals surface area contributed by atoms with E-state index in [1.165, 1.54) is 18.9 Å². The minimum Gasteiger partial charge on any atom is -0.389 e. The maximum absolute atomic E-state index is 14.0. The first-order chi connectivity index (χ1) is 9.15. The van der Waals surface area contributed by atoms with Crippen LogP contribution in [0.5, 0.6) is 0 Å². The molecule has 19 heavy (non-hydrogen) atoms. The Labute approximate surface area is 119 Å². The van der Waals surface area contributed by atoms with Crippen molar-refractivity contribution in [2.24, 2.45) is 5.73 Å². The van der Waals surface area contributed by atoms with Gasteiger partial charge in [0.15, 0.2) is 0 Å². The molecule has 0 bridgehead atoms. The van der Waals surface area contributed by atoms with Gasteiger partial charge in [-0.05, 0) is 37.8 Å². The molecule has 4 heteroatoms. The molecule has 2 rings (SSSR count). The fraction of sp³-hybridized carbons (Fsp3) is 0.533. The van der Waals surface area contributed by atoms with E-state index in [0.717, 1.165) is 31.5 Å². The van der Waals surface area contributed by atoms with Crippen LogP contribution < -0.4 is 10.6 Å². The van der Waals surface area contributed by atoms with Crippen LogP contribution >= 0.6 is 12.2 Å². The van der Waals surface area contributed by atoms with Crippen molar-refractivity contribution in [2.75, 3.05) is 11.4 Å². The van der Waals surface area contributed by atoms with Gasteiger partial charge in [-0.3, -0.25) is 0 Å². The third kappa shape index (κ3) is 3.06. The summed E-state index contributed by atoms with van der Waals surface area (Å²) >= 11 is 5.02. The number of rotatable bonds is 4. The molecule has 1 aromatic carbocycles. The second-order valence-corrected chi connectivity index (χ2v) is 5.57. The van der Waals surface area contributed by atoms with E-state index >= 15 is 0 Å². The molecule has 0 radical (unpaired) electrons. The van der Waals surface area contributed by atoms with Crippen molar-refractivity contribution in [1.29, 1.82) is 0 Å². The first-order valence-electron chi connectivity index (χ1n) is 7.00. The van der Waals surface area contributed by atoms with Gasteiger partial charge in [-0.1, -0.05) is 31.6 Å². The van der Waals surface area contributed by atoms with Crippen molar-refractivity contribution < 1.29 is 4.39 Å². The number of hydrogen-bond donors (Lipinski definition) is 1. The van der Waals surface area contributed by atoms with Crippen LogP contribution in [0.4, 0.5) is 10.1 Å². The van der Waals surface area contributed by atoms with Crippen molar-refractivity contribution in [1.82, 2.24) is 0 Å². The Balaban J connectivity index is 2.38. The number of thiocarbonyl (C=S) groups is 1. The lowest BCUT2D eigenvalue weighted by molar-refractivity contribution is 0.434. The summed E-state index contributed by atoms with van der Waals surface area (Å²) in [5, 5.41) is 0. The van der Waals surface area contributed by atoms with Gasteiger partial charge < -0.3 is 10.6 Å². The summed E-state index contributed by atoms with van der Waals surface area (Å²) in [5.41, 5.74) is 6.98. The predicted octanol–water partition coefficient (Wildman–Crippen LogP) is 3.62. The zero-order valence-electron chi connectivity index (χ0n) is 11.4. The first-order valence-corrected chi connectivity index (χ1v) is 7.41. The maximum atomic E-state index is 14.0. The summed E-state index contributed by atoms with van der Waals surface area (Å²) in [7, 11) is 0. The van der Waals surface area contributed by atoms with Crippen LogP contribution in [0.1, 0.15) is 44.6 Å². The molecule has 1 atom stereocenters. The summed E-state index contributed by atoms with van der Waals surface area (Å²) in [6.45, 7) is 3.15. The second-order valence-electron chi connectivity index (χ2n) is 5.13. The Bertz CT molecular complexity index is 459. The topological polar surface area (TPSA) is 29.3 Å². The lowest BCUT2D eigenvalue weighted by Crippen LogP contribution is -2.40. The molecule has 1 unspecified atom stereocenters. The molecule has 1 aromatic rings. The van der Waals surface area contributed by atoms with E-state index in [1.807, 2.05) is 6.07 Å². The first kappa shape index (κ1) is 14.3. The molecule has 2 nitrogen and oxygen atoms in total. The van der Waals surface area contributed by atoms with Gasteiger partial charge in [0.1, 0.15) is 10.8 Å². The molecular weight excluding hydrogens is 259 g/mol. The fourth-order valence-electron chi connectivity index (χ4n) is 2.95. The third-order valence-electron chi connectivity index (χ3n) is 3.80. The Morgan fingerprint density at radius 1 is 1.47 bits per heavy atom. The van der Waals surface area contributed by atoms with Gasteiger partial charge in [0.2, 0.25) is 0 Å². The number of nitrogens with two attached hydrogens (primary N) is 1. The molecule has 2 N–H and O–H groups in total. The summed E-state index contributed by atoms with van der Waals surface area (Å²) in [6, 6.07) is 5.58. The number of hydrogen-bond acceptors (Lipinski definition) is 2. The van der Waals surface area contributed by atoms with E-state index in [1.54, 1.807) is 6.07 Å². The molecule has 0 aromatic heterocycles. The largest absolute Gasteiger partial charge is 0.389 e. The van der Waals surface area contributed by atoms with E-state index < -0.39 is 0 Å². The maximum Gasteiger partial charge on any atom is 0.135 e. The highest BCUT2D eigenvalue weighted by molar-refractivity contribution is 7.80. The van der Waals surface area contributed by atoms with Crippen molar-refractivity contribution in [3.8, 4) is 0 Å². The predicted molar refractivity (Wildman–Crippen MR) is 82.2 cm³/mol. The number of nitrogens with zero attached hydrogens (tertiary/aromatic N) is 1. The van der Waals surface area contributed by atoms with Crippen molar-refractivity contribution in [3.63, 3.8) is 0 Å². The van der Waals surface area contributed by atoms with E-state index in [-0.39, 0.29) is 10.8 Å². The van der Waals surface area contributed by atoms with E-state index in [9.17, 15) is 4.39 Å². The second kappa shape index (κ2) is 6.33. The molecule has 1 fully saturated rings. The number of piperidine rings is 1. The van der Waals surface area contributed by atoms with Crippen LogP contribution in [-0.4, -0.2) is 17.6 Å². The van der Waals surface area contributed by atoms with E-state index in [4.69, 9.17) is 18.0 Å². The highest BCUT2D eigenvalue weighted by Gasteiger charge is 2.25. The molecule has 0 amide bonds. The van der Waals surface area contributed by atoms with Crippen molar-refractivity contribution >= 4 is 22.9 Å². The SMILES string of the molecule is CCCC1CCCCN1c1cccc(F)c1C(N)=S. The Hall–Kier alpha value is -1.16. The molecule has 1 aliphatic heterocycles. The molecule has 1 aliphatic rings. The lowest BCUT2D eigenvalue weighted by atomic mass is 9.96. The van der Waals surface area contributed by atoms with Crippen LogP contribution in [0, 0.1) is 5.82 Å². The molecule has 1 heterocycles. The lowest BCUT2D eigenvalue weighted by Gasteiger charge is -2.38. The smallest absolute Gasteiger partial charge is 0.135 e. The number of anilines is 1.